The van der Waals surface area contributed by atoms with E-state index in [1.807, 2.05) is 29.2 Å². The van der Waals surface area contributed by atoms with Gasteiger partial charge in [-0.3, -0.25) is 4.79 Å². The van der Waals surface area contributed by atoms with Gasteiger partial charge in [0.05, 0.1) is 12.5 Å². The minimum Gasteiger partial charge on any atom is -0.493 e. The van der Waals surface area contributed by atoms with E-state index in [1.54, 1.807) is 0 Å². The number of hydrogen-bond donors (Lipinski definition) is 1. The third kappa shape index (κ3) is 2.91. The van der Waals surface area contributed by atoms with Crippen LogP contribution >= 0.6 is 12.4 Å². The zero-order valence-corrected chi connectivity index (χ0v) is 12.5. The Kier molecular flexibility index (Phi) is 4.89. The Bertz CT molecular complexity index is 481. The second-order valence-electron chi connectivity index (χ2n) is 5.37. The highest BCUT2D eigenvalue weighted by Crippen LogP contribution is 2.34. The second kappa shape index (κ2) is 6.46. The molecule has 0 spiro atoms. The number of halogens is 1. The molecule has 1 aromatic carbocycles. The highest BCUT2D eigenvalue weighted by Gasteiger charge is 2.32. The van der Waals surface area contributed by atoms with Crippen LogP contribution in [-0.4, -0.2) is 43.1 Å². The summed E-state index contributed by atoms with van der Waals surface area (Å²) in [5.41, 5.74) is 1.05. The molecule has 1 amide bonds. The van der Waals surface area contributed by atoms with Crippen LogP contribution in [0.5, 0.6) is 5.75 Å². The fourth-order valence-electron chi connectivity index (χ4n) is 2.95. The summed E-state index contributed by atoms with van der Waals surface area (Å²) in [6.45, 7) is 5.26. The molecule has 1 fully saturated rings. The first-order chi connectivity index (χ1) is 9.25. The first-order valence-corrected chi connectivity index (χ1v) is 6.99. The first-order valence-electron chi connectivity index (χ1n) is 6.99. The quantitative estimate of drug-likeness (QED) is 0.859. The first kappa shape index (κ1) is 15.1. The molecule has 0 saturated carbocycles. The van der Waals surface area contributed by atoms with Crippen molar-refractivity contribution in [2.75, 3.05) is 26.2 Å². The zero-order valence-electron chi connectivity index (χ0n) is 11.7. The third-order valence-electron chi connectivity index (χ3n) is 3.94. The molecule has 1 unspecified atom stereocenters. The Morgan fingerprint density at radius 1 is 1.40 bits per heavy atom. The third-order valence-corrected chi connectivity index (χ3v) is 3.94. The highest BCUT2D eigenvalue weighted by molar-refractivity contribution is 5.85. The van der Waals surface area contributed by atoms with Crippen LogP contribution in [0.2, 0.25) is 0 Å². The van der Waals surface area contributed by atoms with Crippen LogP contribution in [0, 0.1) is 0 Å². The van der Waals surface area contributed by atoms with Crippen molar-refractivity contribution in [1.82, 2.24) is 10.2 Å². The summed E-state index contributed by atoms with van der Waals surface area (Å²) in [7, 11) is 0. The van der Waals surface area contributed by atoms with E-state index in [9.17, 15) is 4.79 Å². The van der Waals surface area contributed by atoms with E-state index in [-0.39, 0.29) is 24.2 Å². The van der Waals surface area contributed by atoms with Gasteiger partial charge in [0, 0.05) is 31.2 Å². The number of rotatable bonds is 1. The van der Waals surface area contributed by atoms with Gasteiger partial charge in [-0.15, -0.1) is 12.4 Å². The van der Waals surface area contributed by atoms with E-state index >= 15 is 0 Å². The van der Waals surface area contributed by atoms with Crippen LogP contribution in [0.4, 0.5) is 0 Å². The number of carbonyl (C=O) groups is 1. The Balaban J connectivity index is 0.00000147. The fourth-order valence-corrected chi connectivity index (χ4v) is 2.95. The lowest BCUT2D eigenvalue weighted by Gasteiger charge is -2.35. The number of nitrogens with one attached hydrogen (secondary N) is 1. The number of fused-ring (bicyclic) bond motifs is 1. The number of ether oxygens (including phenoxy) is 1. The van der Waals surface area contributed by atoms with Crippen LogP contribution < -0.4 is 10.1 Å². The van der Waals surface area contributed by atoms with Gasteiger partial charge in [0.25, 0.3) is 0 Å². The Morgan fingerprint density at radius 2 is 2.20 bits per heavy atom. The maximum atomic E-state index is 12.7. The van der Waals surface area contributed by atoms with Crippen molar-refractivity contribution in [2.24, 2.45) is 0 Å². The molecule has 2 aliphatic heterocycles. The van der Waals surface area contributed by atoms with Crippen molar-refractivity contribution in [3.8, 4) is 5.75 Å². The van der Waals surface area contributed by atoms with Crippen molar-refractivity contribution in [1.29, 1.82) is 0 Å². The van der Waals surface area contributed by atoms with E-state index in [0.29, 0.717) is 12.6 Å². The minimum atomic E-state index is -0.0322. The smallest absolute Gasteiger partial charge is 0.230 e. The number of benzene rings is 1. The molecular formula is C15H21ClN2O2. The monoisotopic (exact) mass is 296 g/mol. The molecule has 1 aromatic rings. The van der Waals surface area contributed by atoms with Crippen molar-refractivity contribution in [3.63, 3.8) is 0 Å². The van der Waals surface area contributed by atoms with Crippen molar-refractivity contribution in [3.05, 3.63) is 29.8 Å². The molecule has 4 nitrogen and oxygen atoms in total. The Morgan fingerprint density at radius 3 is 3.00 bits per heavy atom. The zero-order chi connectivity index (χ0) is 13.2. The molecule has 5 heteroatoms. The molecule has 2 atom stereocenters. The SMILES string of the molecule is C[C@H]1CN(C(=O)C2CCOc3ccccc32)CCN1.Cl. The van der Waals surface area contributed by atoms with Crippen LogP contribution in [0.1, 0.15) is 24.8 Å². The number of piperazine rings is 1. The standard InChI is InChI=1S/C15H20N2O2.ClH/c1-11-10-17(8-7-16-11)15(18)13-6-9-19-14-5-3-2-4-12(13)14;/h2-5,11,13,16H,6-10H2,1H3;1H/t11-,13?;/m0./s1. The second-order valence-corrected chi connectivity index (χ2v) is 5.37. The van der Waals surface area contributed by atoms with Gasteiger partial charge in [-0.05, 0) is 19.4 Å². The van der Waals surface area contributed by atoms with Crippen LogP contribution in [-0.2, 0) is 4.79 Å². The summed E-state index contributed by atoms with van der Waals surface area (Å²) in [6.07, 6.45) is 0.786. The summed E-state index contributed by atoms with van der Waals surface area (Å²) >= 11 is 0. The van der Waals surface area contributed by atoms with Gasteiger partial charge in [-0.2, -0.15) is 0 Å². The largest absolute Gasteiger partial charge is 0.493 e. The molecule has 2 heterocycles. The lowest BCUT2D eigenvalue weighted by molar-refractivity contribution is -0.134. The molecule has 2 aliphatic rings. The number of carbonyl (C=O) groups excluding carboxylic acids is 1. The molecule has 1 saturated heterocycles. The van der Waals surface area contributed by atoms with Gasteiger partial charge in [0.1, 0.15) is 5.75 Å². The van der Waals surface area contributed by atoms with Gasteiger partial charge in [-0.25, -0.2) is 0 Å². The molecule has 110 valence electrons. The van der Waals surface area contributed by atoms with Crippen molar-refractivity contribution in [2.45, 2.75) is 25.3 Å². The van der Waals surface area contributed by atoms with Gasteiger partial charge in [0.2, 0.25) is 5.91 Å². The average Bonchev–Trinajstić information content (AvgIpc) is 2.46. The molecule has 20 heavy (non-hydrogen) atoms. The van der Waals surface area contributed by atoms with Crippen LogP contribution in [0.3, 0.4) is 0 Å². The van der Waals surface area contributed by atoms with Gasteiger partial charge < -0.3 is 15.0 Å². The molecular weight excluding hydrogens is 276 g/mol. The van der Waals surface area contributed by atoms with E-state index < -0.39 is 0 Å². The van der Waals surface area contributed by atoms with Gasteiger partial charge in [0.15, 0.2) is 0 Å². The Hall–Kier alpha value is -1.26. The van der Waals surface area contributed by atoms with E-state index in [0.717, 1.165) is 37.4 Å². The number of hydrogen-bond acceptors (Lipinski definition) is 3. The summed E-state index contributed by atoms with van der Waals surface area (Å²) < 4.78 is 5.63. The molecule has 0 aromatic heterocycles. The number of amides is 1. The van der Waals surface area contributed by atoms with Gasteiger partial charge in [-0.1, -0.05) is 18.2 Å². The van der Waals surface area contributed by atoms with Crippen LogP contribution in [0.15, 0.2) is 24.3 Å². The lowest BCUT2D eigenvalue weighted by Crippen LogP contribution is -2.52. The maximum Gasteiger partial charge on any atom is 0.230 e. The predicted octanol–water partition coefficient (Wildman–Crippen LogP) is 1.79. The van der Waals surface area contributed by atoms with Gasteiger partial charge >= 0.3 is 0 Å². The molecule has 1 N–H and O–H groups in total. The summed E-state index contributed by atoms with van der Waals surface area (Å²) in [6, 6.07) is 8.29. The summed E-state index contributed by atoms with van der Waals surface area (Å²) in [4.78, 5) is 14.7. The molecule has 0 radical (unpaired) electrons. The minimum absolute atomic E-state index is 0. The van der Waals surface area contributed by atoms with E-state index in [4.69, 9.17) is 4.74 Å². The molecule has 0 bridgehead atoms. The van der Waals surface area contributed by atoms with E-state index in [2.05, 4.69) is 12.2 Å². The molecule has 0 aliphatic carbocycles. The van der Waals surface area contributed by atoms with Crippen molar-refractivity contribution >= 4 is 18.3 Å². The number of para-hydroxylation sites is 1. The molecule has 3 rings (SSSR count). The summed E-state index contributed by atoms with van der Waals surface area (Å²) in [5, 5.41) is 3.37. The average molecular weight is 297 g/mol. The Labute approximate surface area is 125 Å². The summed E-state index contributed by atoms with van der Waals surface area (Å²) in [5.74, 6) is 1.09. The number of nitrogens with zero attached hydrogens (tertiary/aromatic N) is 1. The van der Waals surface area contributed by atoms with E-state index in [1.165, 1.54) is 0 Å². The highest BCUT2D eigenvalue weighted by atomic mass is 35.5. The van der Waals surface area contributed by atoms with Crippen molar-refractivity contribution < 1.29 is 9.53 Å². The normalized spacial score (nSPS) is 25.1. The topological polar surface area (TPSA) is 41.6 Å². The lowest BCUT2D eigenvalue weighted by atomic mass is 9.91. The predicted molar refractivity (Wildman–Crippen MR) is 80.6 cm³/mol. The maximum absolute atomic E-state index is 12.7. The van der Waals surface area contributed by atoms with Crippen LogP contribution in [0.25, 0.3) is 0 Å². The fraction of sp³-hybridized carbons (Fsp3) is 0.533.